The van der Waals surface area contributed by atoms with Gasteiger partial charge in [0, 0.05) is 6.54 Å². The van der Waals surface area contributed by atoms with Gasteiger partial charge in [0.05, 0.1) is 21.4 Å². The van der Waals surface area contributed by atoms with Crippen molar-refractivity contribution in [2.75, 3.05) is 19.9 Å². The molecule has 106 valence electrons. The van der Waals surface area contributed by atoms with Crippen molar-refractivity contribution in [3.05, 3.63) is 0 Å². The first-order valence-electron chi connectivity index (χ1n) is 7.31. The van der Waals surface area contributed by atoms with Crippen LogP contribution >= 0.6 is 8.07 Å². The van der Waals surface area contributed by atoms with Gasteiger partial charge in [0.15, 0.2) is 0 Å². The van der Waals surface area contributed by atoms with E-state index in [4.69, 9.17) is 0 Å². The molecule has 1 N–H and O–H groups in total. The molecule has 0 aromatic carbocycles. The summed E-state index contributed by atoms with van der Waals surface area (Å²) < 4.78 is 0. The van der Waals surface area contributed by atoms with Gasteiger partial charge >= 0.3 is 0 Å². The van der Waals surface area contributed by atoms with E-state index in [1.165, 1.54) is 70.8 Å². The first-order valence-corrected chi connectivity index (χ1v) is 9.81. The minimum Gasteiger partial charge on any atom is -1.00 e. The summed E-state index contributed by atoms with van der Waals surface area (Å²) in [5, 5.41) is 3.57. The van der Waals surface area contributed by atoms with Crippen LogP contribution in [0.4, 0.5) is 0 Å². The summed E-state index contributed by atoms with van der Waals surface area (Å²) in [5.41, 5.74) is 0. The summed E-state index contributed by atoms with van der Waals surface area (Å²) in [4.78, 5) is 0. The van der Waals surface area contributed by atoms with Gasteiger partial charge in [-0.05, 0) is 6.42 Å². The first-order chi connectivity index (χ1) is 7.77. The Balaban J connectivity index is 0. The topological polar surface area (TPSA) is 12.0 Å². The molecule has 0 saturated carbocycles. The van der Waals surface area contributed by atoms with Crippen LogP contribution in [0, 0.1) is 0 Å². The second kappa shape index (κ2) is 16.7. The molecule has 0 unspecified atom stereocenters. The predicted molar refractivity (Wildman–Crippen MR) is 80.0 cm³/mol. The summed E-state index contributed by atoms with van der Waals surface area (Å²) in [6, 6.07) is 0. The minimum absolute atomic E-state index is 0. The van der Waals surface area contributed by atoms with Crippen molar-refractivity contribution in [3.8, 4) is 0 Å². The molecule has 0 saturated heterocycles. The second-order valence-corrected chi connectivity index (χ2v) is 7.46. The van der Waals surface area contributed by atoms with Crippen molar-refractivity contribution < 1.29 is 12.4 Å². The Morgan fingerprint density at radius 1 is 0.706 bits per heavy atom. The molecule has 0 aliphatic carbocycles. The lowest BCUT2D eigenvalue weighted by atomic mass is 10.1. The summed E-state index contributed by atoms with van der Waals surface area (Å²) in [6.45, 7) is 8.17. The highest BCUT2D eigenvalue weighted by Gasteiger charge is 1.97. The van der Waals surface area contributed by atoms with E-state index in [2.05, 4.69) is 25.3 Å². The Labute approximate surface area is 117 Å². The molecule has 0 aromatic heterocycles. The maximum atomic E-state index is 3.57. The minimum atomic E-state index is -0.194. The van der Waals surface area contributed by atoms with Gasteiger partial charge in [-0.15, -0.1) is 0 Å². The zero-order chi connectivity index (χ0) is 12.1. The van der Waals surface area contributed by atoms with Crippen LogP contribution in [0.1, 0.15) is 71.1 Å². The van der Waals surface area contributed by atoms with Crippen LogP contribution in [0.15, 0.2) is 0 Å². The van der Waals surface area contributed by atoms with Gasteiger partial charge in [-0.2, -0.15) is 5.09 Å². The van der Waals surface area contributed by atoms with E-state index in [0.717, 1.165) is 0 Å². The van der Waals surface area contributed by atoms with E-state index >= 15 is 0 Å². The third kappa shape index (κ3) is 19.2. The monoisotopic (exact) mass is 281 g/mol. The highest BCUT2D eigenvalue weighted by molar-refractivity contribution is 7.53. The van der Waals surface area contributed by atoms with Crippen LogP contribution in [-0.2, 0) is 0 Å². The molecule has 17 heavy (non-hydrogen) atoms. The molecule has 0 aromatic rings. The van der Waals surface area contributed by atoms with Crippen molar-refractivity contribution in [3.63, 3.8) is 0 Å². The number of hydrogen-bond donors (Lipinski definition) is 1. The van der Waals surface area contributed by atoms with E-state index in [1.807, 2.05) is 0 Å². The van der Waals surface area contributed by atoms with Crippen LogP contribution in [0.2, 0.25) is 0 Å². The van der Waals surface area contributed by atoms with Gasteiger partial charge in [0.25, 0.3) is 0 Å². The molecule has 0 radical (unpaired) electrons. The normalized spacial score (nSPS) is 10.6. The van der Waals surface area contributed by atoms with E-state index < -0.39 is 0 Å². The number of halogens is 1. The van der Waals surface area contributed by atoms with Gasteiger partial charge in [-0.1, -0.05) is 64.7 Å². The lowest BCUT2D eigenvalue weighted by molar-refractivity contribution is -0.00000379. The number of unbranched alkanes of at least 4 members (excludes halogenated alkanes) is 9. The van der Waals surface area contributed by atoms with Crippen molar-refractivity contribution >= 4 is 8.07 Å². The Hall–Kier alpha value is 0.680. The van der Waals surface area contributed by atoms with E-state index in [9.17, 15) is 0 Å². The van der Waals surface area contributed by atoms with Crippen LogP contribution in [0.5, 0.6) is 0 Å². The van der Waals surface area contributed by atoms with E-state index in [-0.39, 0.29) is 20.5 Å². The molecule has 0 spiro atoms. The molecule has 1 nitrogen and oxygen atoms in total. The number of hydrogen-bond acceptors (Lipinski definition) is 1. The molecule has 0 aliphatic rings. The zero-order valence-electron chi connectivity index (χ0n) is 12.2. The molecule has 0 heterocycles. The van der Waals surface area contributed by atoms with Crippen molar-refractivity contribution in [2.45, 2.75) is 71.1 Å². The standard InChI is InChI=1S/C14H32NP.ClH/c1-4-5-6-7-8-9-10-11-12-13-14-15-16(2)3;/h15H,4-14H2,1-3H3;1H. The molecule has 0 fully saturated rings. The van der Waals surface area contributed by atoms with Crippen molar-refractivity contribution in [1.29, 1.82) is 0 Å². The molecule has 3 heteroatoms. The molecule has 0 amide bonds. The van der Waals surface area contributed by atoms with Crippen LogP contribution in [0.3, 0.4) is 0 Å². The highest BCUT2D eigenvalue weighted by atomic mass is 35.5. The van der Waals surface area contributed by atoms with Gasteiger partial charge in [-0.25, -0.2) is 0 Å². The Morgan fingerprint density at radius 3 is 1.53 bits per heavy atom. The lowest BCUT2D eigenvalue weighted by Gasteiger charge is -2.03. The summed E-state index contributed by atoms with van der Waals surface area (Å²) in [7, 11) is -0.194. The molecule has 0 rings (SSSR count). The summed E-state index contributed by atoms with van der Waals surface area (Å²) in [5.74, 6) is 0. The fraction of sp³-hybridized carbons (Fsp3) is 1.00. The summed E-state index contributed by atoms with van der Waals surface area (Å²) >= 11 is 0. The van der Waals surface area contributed by atoms with E-state index in [1.54, 1.807) is 0 Å². The van der Waals surface area contributed by atoms with Crippen LogP contribution in [-0.4, -0.2) is 19.9 Å². The van der Waals surface area contributed by atoms with Gasteiger partial charge in [0.2, 0.25) is 0 Å². The molecule has 0 aliphatic heterocycles. The Morgan fingerprint density at radius 2 is 1.12 bits per heavy atom. The van der Waals surface area contributed by atoms with Crippen molar-refractivity contribution in [1.82, 2.24) is 5.09 Å². The van der Waals surface area contributed by atoms with Crippen LogP contribution in [0.25, 0.3) is 0 Å². The maximum Gasteiger partial charge on any atom is 0.0620 e. The molecular weight excluding hydrogens is 249 g/mol. The average Bonchev–Trinajstić information content (AvgIpc) is 2.25. The fourth-order valence-electron chi connectivity index (χ4n) is 1.95. The second-order valence-electron chi connectivity index (χ2n) is 5.11. The predicted octanol–water partition coefficient (Wildman–Crippen LogP) is 1.89. The van der Waals surface area contributed by atoms with Crippen LogP contribution < -0.4 is 17.5 Å². The Bertz CT molecular complexity index is 131. The molecule has 0 bridgehead atoms. The molecular formula is C14H33ClNP. The number of nitrogens with one attached hydrogen (secondary N) is 1. The van der Waals surface area contributed by atoms with E-state index in [0.29, 0.717) is 0 Å². The Kier molecular flexibility index (Phi) is 19.6. The highest BCUT2D eigenvalue weighted by Crippen LogP contribution is 2.17. The maximum absolute atomic E-state index is 3.57. The lowest BCUT2D eigenvalue weighted by Crippen LogP contribution is -3.00. The fourth-order valence-corrected chi connectivity index (χ4v) is 2.63. The van der Waals surface area contributed by atoms with Gasteiger partial charge < -0.3 is 12.4 Å². The average molecular weight is 282 g/mol. The van der Waals surface area contributed by atoms with Crippen molar-refractivity contribution in [2.24, 2.45) is 0 Å². The largest absolute Gasteiger partial charge is 1.00 e. The van der Waals surface area contributed by atoms with Gasteiger partial charge in [0.1, 0.15) is 0 Å². The third-order valence-corrected chi connectivity index (χ3v) is 3.97. The number of rotatable bonds is 12. The van der Waals surface area contributed by atoms with Gasteiger partial charge in [-0.3, -0.25) is 0 Å². The quantitative estimate of drug-likeness (QED) is 0.426. The smallest absolute Gasteiger partial charge is 0.0620 e. The SMILES string of the molecule is CCCCCCCCCCCCN[PH+](C)C.[Cl-]. The summed E-state index contributed by atoms with van der Waals surface area (Å²) in [6.07, 6.45) is 14.4. The molecule has 0 atom stereocenters. The zero-order valence-corrected chi connectivity index (χ0v) is 13.9. The first kappa shape index (κ1) is 20.0. The third-order valence-electron chi connectivity index (χ3n) is 3.01.